The first-order chi connectivity index (χ1) is 17.5. The molecule has 17 heteroatoms. The molecule has 0 unspecified atom stereocenters. The molecule has 0 radical (unpaired) electrons. The Balaban J connectivity index is 0.000000905. The van der Waals surface area contributed by atoms with Gasteiger partial charge in [0, 0.05) is 19.5 Å². The molecule has 0 aromatic heterocycles. The minimum Gasteiger partial charge on any atom is -0.481 e. The SMILES string of the molecule is O=C(O)C(F)(F)F.O=C(O)C[C@@H](NC(=O)[C@@H]1CCCN(C(=O)CCC2CCNCC2)C1)NC(=O)C(F)(F)F. The van der Waals surface area contributed by atoms with Crippen molar-refractivity contribution in [2.24, 2.45) is 11.8 Å². The Bertz CT molecular complexity index is 847. The zero-order valence-electron chi connectivity index (χ0n) is 20.2. The zero-order chi connectivity index (χ0) is 29.1. The Morgan fingerprint density at radius 3 is 2.00 bits per heavy atom. The van der Waals surface area contributed by atoms with E-state index in [9.17, 15) is 45.5 Å². The molecule has 0 spiro atoms. The van der Waals surface area contributed by atoms with Crippen LogP contribution in [-0.2, 0) is 24.0 Å². The van der Waals surface area contributed by atoms with Crippen LogP contribution in [0.3, 0.4) is 0 Å². The third-order valence-electron chi connectivity index (χ3n) is 5.87. The lowest BCUT2D eigenvalue weighted by Gasteiger charge is -2.33. The second-order valence-corrected chi connectivity index (χ2v) is 8.84. The Kier molecular flexibility index (Phi) is 12.8. The summed E-state index contributed by atoms with van der Waals surface area (Å²) >= 11 is 0. The Morgan fingerprint density at radius 2 is 1.50 bits per heavy atom. The van der Waals surface area contributed by atoms with Gasteiger partial charge in [0.25, 0.3) is 0 Å². The van der Waals surface area contributed by atoms with Crippen molar-refractivity contribution in [2.75, 3.05) is 26.2 Å². The quantitative estimate of drug-likeness (QED) is 0.217. The number of piperidine rings is 2. The molecule has 2 rings (SSSR count). The molecule has 2 heterocycles. The molecular weight excluding hydrogens is 534 g/mol. The van der Waals surface area contributed by atoms with Gasteiger partial charge in [0.05, 0.1) is 12.3 Å². The van der Waals surface area contributed by atoms with Gasteiger partial charge in [-0.25, -0.2) is 4.79 Å². The molecule has 2 fully saturated rings. The van der Waals surface area contributed by atoms with E-state index in [4.69, 9.17) is 15.0 Å². The molecule has 0 aliphatic carbocycles. The molecule has 3 amide bonds. The number of carbonyl (C=O) groups is 5. The van der Waals surface area contributed by atoms with Gasteiger partial charge >= 0.3 is 30.2 Å². The fourth-order valence-electron chi connectivity index (χ4n) is 3.92. The third-order valence-corrected chi connectivity index (χ3v) is 5.87. The molecular formula is C21H30F6N4O7. The van der Waals surface area contributed by atoms with E-state index < -0.39 is 54.6 Å². The van der Waals surface area contributed by atoms with Crippen LogP contribution in [0.5, 0.6) is 0 Å². The first-order valence-electron chi connectivity index (χ1n) is 11.7. The first-order valence-corrected chi connectivity index (χ1v) is 11.7. The standard InChI is InChI=1S/C19H29F3N4O5.C2HF3O2/c20-19(21,22)18(31)25-14(10-16(28)29)24-17(30)13-2-1-9-26(11-13)15(27)4-3-12-5-7-23-8-6-12;3-2(4,5)1(6)7/h12-14,23H,1-11H2,(H,24,30)(H,25,31)(H,28,29);(H,6,7)/t13-,14+;/m1./s1. The van der Waals surface area contributed by atoms with Gasteiger partial charge < -0.3 is 31.1 Å². The van der Waals surface area contributed by atoms with Crippen molar-refractivity contribution in [3.63, 3.8) is 0 Å². The van der Waals surface area contributed by atoms with E-state index in [2.05, 4.69) is 10.6 Å². The second-order valence-electron chi connectivity index (χ2n) is 8.84. The number of hydrogen-bond donors (Lipinski definition) is 5. The van der Waals surface area contributed by atoms with Gasteiger partial charge in [0.2, 0.25) is 11.8 Å². The third kappa shape index (κ3) is 12.4. The fourth-order valence-corrected chi connectivity index (χ4v) is 3.92. The van der Waals surface area contributed by atoms with Gasteiger partial charge in [-0.15, -0.1) is 0 Å². The molecule has 38 heavy (non-hydrogen) atoms. The van der Waals surface area contributed by atoms with Gasteiger partial charge in [-0.1, -0.05) is 0 Å². The number of alkyl halides is 6. The van der Waals surface area contributed by atoms with Gasteiger partial charge in [-0.3, -0.25) is 19.2 Å². The van der Waals surface area contributed by atoms with Gasteiger partial charge in [0.1, 0.15) is 6.17 Å². The van der Waals surface area contributed by atoms with Crippen LogP contribution in [0.15, 0.2) is 0 Å². The predicted octanol–water partition coefficient (Wildman–Crippen LogP) is 1.23. The highest BCUT2D eigenvalue weighted by molar-refractivity contribution is 5.85. The highest BCUT2D eigenvalue weighted by atomic mass is 19.4. The summed E-state index contributed by atoms with van der Waals surface area (Å²) in [6, 6.07) is 0. The van der Waals surface area contributed by atoms with Crippen molar-refractivity contribution in [3.05, 3.63) is 0 Å². The number of aliphatic carboxylic acids is 2. The van der Waals surface area contributed by atoms with E-state index >= 15 is 0 Å². The van der Waals surface area contributed by atoms with Crippen LogP contribution < -0.4 is 16.0 Å². The van der Waals surface area contributed by atoms with E-state index in [0.29, 0.717) is 31.7 Å². The number of rotatable bonds is 8. The second kappa shape index (κ2) is 14.7. The molecule has 2 aliphatic rings. The summed E-state index contributed by atoms with van der Waals surface area (Å²) in [5.74, 6) is -7.53. The van der Waals surface area contributed by atoms with E-state index in [1.165, 1.54) is 5.32 Å². The van der Waals surface area contributed by atoms with Crippen LogP contribution >= 0.6 is 0 Å². The minimum absolute atomic E-state index is 0.0662. The largest absolute Gasteiger partial charge is 0.490 e. The van der Waals surface area contributed by atoms with Gasteiger partial charge in [-0.05, 0) is 51.1 Å². The number of likely N-dealkylation sites (tertiary alicyclic amines) is 1. The molecule has 0 saturated carbocycles. The van der Waals surface area contributed by atoms with Crippen molar-refractivity contribution in [1.29, 1.82) is 0 Å². The maximum Gasteiger partial charge on any atom is 0.490 e. The lowest BCUT2D eigenvalue weighted by Crippen LogP contribution is -2.55. The number of carboxylic acids is 2. The summed E-state index contributed by atoms with van der Waals surface area (Å²) in [5.41, 5.74) is 0. The minimum atomic E-state index is -5.20. The van der Waals surface area contributed by atoms with Crippen LogP contribution in [-0.4, -0.2) is 89.5 Å². The fraction of sp³-hybridized carbons (Fsp3) is 0.762. The summed E-state index contributed by atoms with van der Waals surface area (Å²) in [6.45, 7) is 2.49. The van der Waals surface area contributed by atoms with Crippen molar-refractivity contribution in [1.82, 2.24) is 20.9 Å². The molecule has 2 saturated heterocycles. The van der Waals surface area contributed by atoms with Gasteiger partial charge in [-0.2, -0.15) is 26.3 Å². The number of nitrogens with one attached hydrogen (secondary N) is 3. The monoisotopic (exact) mass is 564 g/mol. The molecule has 2 aliphatic heterocycles. The highest BCUT2D eigenvalue weighted by Crippen LogP contribution is 2.22. The predicted molar refractivity (Wildman–Crippen MR) is 116 cm³/mol. The van der Waals surface area contributed by atoms with Crippen molar-refractivity contribution < 1.29 is 60.5 Å². The number of amides is 3. The van der Waals surface area contributed by atoms with E-state index in [0.717, 1.165) is 32.4 Å². The maximum atomic E-state index is 12.6. The topological polar surface area (TPSA) is 165 Å². The molecule has 0 aromatic carbocycles. The number of halogens is 6. The summed E-state index contributed by atoms with van der Waals surface area (Å²) < 4.78 is 69.1. The number of hydrogen-bond acceptors (Lipinski definition) is 6. The summed E-state index contributed by atoms with van der Waals surface area (Å²) in [5, 5.41) is 22.9. The summed E-state index contributed by atoms with van der Waals surface area (Å²) in [7, 11) is 0. The molecule has 2 atom stereocenters. The van der Waals surface area contributed by atoms with Crippen molar-refractivity contribution in [3.8, 4) is 0 Å². The first kappa shape index (κ1) is 32.9. The molecule has 0 bridgehead atoms. The molecule has 218 valence electrons. The lowest BCUT2D eigenvalue weighted by molar-refractivity contribution is -0.192. The smallest absolute Gasteiger partial charge is 0.481 e. The van der Waals surface area contributed by atoms with Crippen LogP contribution in [0.4, 0.5) is 26.3 Å². The summed E-state index contributed by atoms with van der Waals surface area (Å²) in [4.78, 5) is 57.6. The van der Waals surface area contributed by atoms with E-state index in [1.807, 2.05) is 0 Å². The maximum absolute atomic E-state index is 12.6. The normalized spacial score (nSPS) is 19.4. The van der Waals surface area contributed by atoms with E-state index in [1.54, 1.807) is 4.90 Å². The van der Waals surface area contributed by atoms with Gasteiger partial charge in [0.15, 0.2) is 0 Å². The molecule has 11 nitrogen and oxygen atoms in total. The Morgan fingerprint density at radius 1 is 0.921 bits per heavy atom. The molecule has 5 N–H and O–H groups in total. The number of carboxylic acid groups (broad SMARTS) is 2. The highest BCUT2D eigenvalue weighted by Gasteiger charge is 2.41. The zero-order valence-corrected chi connectivity index (χ0v) is 20.2. The van der Waals surface area contributed by atoms with E-state index in [-0.39, 0.29) is 12.5 Å². The summed E-state index contributed by atoms with van der Waals surface area (Å²) in [6.07, 6.45) is -8.74. The molecule has 0 aromatic rings. The van der Waals surface area contributed by atoms with Crippen LogP contribution in [0, 0.1) is 11.8 Å². The number of nitrogens with zero attached hydrogens (tertiary/aromatic N) is 1. The Labute approximate surface area is 213 Å². The van der Waals surface area contributed by atoms with Crippen LogP contribution in [0.25, 0.3) is 0 Å². The number of carbonyl (C=O) groups excluding carboxylic acids is 3. The average Bonchev–Trinajstić information content (AvgIpc) is 2.82. The Hall–Kier alpha value is -3.11. The average molecular weight is 564 g/mol. The van der Waals surface area contributed by atoms with Crippen LogP contribution in [0.1, 0.15) is 44.9 Å². The van der Waals surface area contributed by atoms with Crippen molar-refractivity contribution >= 4 is 29.7 Å². The van der Waals surface area contributed by atoms with Crippen LogP contribution in [0.2, 0.25) is 0 Å². The lowest BCUT2D eigenvalue weighted by atomic mass is 9.92. The van der Waals surface area contributed by atoms with Crippen molar-refractivity contribution in [2.45, 2.75) is 63.5 Å².